The average molecular weight is 276 g/mol. The van der Waals surface area contributed by atoms with Gasteiger partial charge in [0.25, 0.3) is 0 Å². The summed E-state index contributed by atoms with van der Waals surface area (Å²) in [5.74, 6) is 0. The van der Waals surface area contributed by atoms with Crippen molar-refractivity contribution in [2.24, 2.45) is 0 Å². The summed E-state index contributed by atoms with van der Waals surface area (Å²) in [5, 5.41) is 0. The van der Waals surface area contributed by atoms with E-state index in [-0.39, 0.29) is 70.9 Å². The van der Waals surface area contributed by atoms with Gasteiger partial charge in [0.05, 0.1) is 0 Å². The van der Waals surface area contributed by atoms with Gasteiger partial charge < -0.3 is 56.1 Å². The van der Waals surface area contributed by atoms with E-state index < -0.39 is 0 Å². The monoisotopic (exact) mass is 273 g/mol. The van der Waals surface area contributed by atoms with E-state index in [0.29, 0.717) is 0 Å². The van der Waals surface area contributed by atoms with Crippen molar-refractivity contribution in [3.63, 3.8) is 0 Å². The van der Waals surface area contributed by atoms with E-state index in [1.807, 2.05) is 6.08 Å². The number of hydrogen-bond acceptors (Lipinski definition) is 0. The summed E-state index contributed by atoms with van der Waals surface area (Å²) in [5.41, 5.74) is 5.40. The van der Waals surface area contributed by atoms with Crippen LogP contribution in [-0.2, 0) is 26.2 Å². The van der Waals surface area contributed by atoms with Crippen molar-refractivity contribution in [2.75, 3.05) is 0 Å². The molecule has 1 aliphatic rings. The molecule has 1 radical (unpaired) electrons. The molecule has 0 aromatic carbocycles. The second-order valence-electron chi connectivity index (χ2n) is 0.854. The Morgan fingerprint density at radius 1 is 1.20 bits per heavy atom. The molecule has 0 heterocycles. The predicted octanol–water partition coefficient (Wildman–Crippen LogP) is -7.48. The van der Waals surface area contributed by atoms with E-state index in [2.05, 4.69) is 17.5 Å². The maximum atomic E-state index is 2.81. The summed E-state index contributed by atoms with van der Waals surface area (Å²) in [6.07, 6.45) is 5.60. The molecule has 0 aromatic heterocycles. The Balaban J connectivity index is -0.0000000167. The van der Waals surface area contributed by atoms with Crippen LogP contribution in [0, 0.1) is 13.5 Å². The quantitative estimate of drug-likeness (QED) is 0.304. The second-order valence-corrected chi connectivity index (χ2v) is 0.854. The van der Waals surface area contributed by atoms with Crippen LogP contribution in [-0.4, -0.2) is 0 Å². The smallest absolute Gasteiger partial charge is 1.00 e. The van der Waals surface area contributed by atoms with E-state index in [0.717, 1.165) is 6.42 Å². The molecule has 10 heavy (non-hydrogen) atoms. The maximum absolute atomic E-state index is 2.81. The fourth-order valence-corrected chi connectivity index (χ4v) is 0.255. The number of hydrogen-bond donors (Lipinski definition) is 0. The zero-order chi connectivity index (χ0) is 3.54. The van der Waals surface area contributed by atoms with Crippen LogP contribution in [0.15, 0.2) is 17.5 Å². The van der Waals surface area contributed by atoms with Crippen molar-refractivity contribution >= 4 is 0 Å². The number of allylic oxidation sites excluding steroid dienone is 2. The molecule has 0 saturated heterocycles. The molecule has 57 valence electrons. The van der Waals surface area contributed by atoms with Gasteiger partial charge >= 0.3 is 26.2 Å². The predicted molar refractivity (Wildman–Crippen MR) is 25.9 cm³/mol. The van der Waals surface area contributed by atoms with Crippen molar-refractivity contribution in [3.05, 3.63) is 31.0 Å². The van der Waals surface area contributed by atoms with Crippen LogP contribution >= 0.6 is 0 Å². The molecule has 1 aliphatic carbocycles. The average Bonchev–Trinajstić information content (AvgIpc) is 1.76. The molecule has 0 aromatic rings. The molecule has 0 spiro atoms. The first-order valence-electron chi connectivity index (χ1n) is 1.55. The van der Waals surface area contributed by atoms with Gasteiger partial charge in [0.15, 0.2) is 0 Å². The van der Waals surface area contributed by atoms with Crippen molar-refractivity contribution in [2.45, 2.75) is 6.42 Å². The minimum atomic E-state index is 0. The van der Waals surface area contributed by atoms with Gasteiger partial charge in [-0.1, -0.05) is 6.42 Å². The van der Waals surface area contributed by atoms with Crippen molar-refractivity contribution < 1.29 is 63.4 Å². The minimum absolute atomic E-state index is 0. The van der Waals surface area contributed by atoms with Gasteiger partial charge in [-0.3, -0.25) is 0 Å². The van der Waals surface area contributed by atoms with Gasteiger partial charge in [-0.2, -0.15) is 0 Å². The topological polar surface area (TPSA) is 0 Å². The van der Waals surface area contributed by atoms with Crippen molar-refractivity contribution in [3.8, 4) is 0 Å². The third-order valence-corrected chi connectivity index (χ3v) is 0.467. The van der Waals surface area contributed by atoms with Gasteiger partial charge in [0, 0.05) is 0 Å². The van der Waals surface area contributed by atoms with Crippen LogP contribution in [0.1, 0.15) is 6.42 Å². The molecule has 0 aliphatic heterocycles. The summed E-state index contributed by atoms with van der Waals surface area (Å²) >= 11 is 0. The Labute approximate surface area is 100 Å². The molecule has 0 unspecified atom stereocenters. The largest absolute Gasteiger partial charge is 3.00 e. The van der Waals surface area contributed by atoms with E-state index in [4.69, 9.17) is 0 Å². The molecular formula is C6H6Cl3Zr-2. The minimum Gasteiger partial charge on any atom is -1.00 e. The fourth-order valence-electron chi connectivity index (χ4n) is 0.255. The number of halogens is 3. The molecule has 0 atom stereocenters. The molecule has 0 bridgehead atoms. The Bertz CT molecular complexity index is 107. The SMILES string of the molecule is C1=C=CC[C-]=1.[CH3-].[Cl-].[Cl-].[Cl-].[Zr+3]. The first-order valence-corrected chi connectivity index (χ1v) is 1.55. The Morgan fingerprint density at radius 3 is 1.80 bits per heavy atom. The maximum Gasteiger partial charge on any atom is 3.00 e. The Morgan fingerprint density at radius 2 is 1.70 bits per heavy atom. The zero-order valence-electron chi connectivity index (χ0n) is 5.42. The Hall–Kier alpha value is 1.05. The van der Waals surface area contributed by atoms with Crippen molar-refractivity contribution in [1.82, 2.24) is 0 Å². The summed E-state index contributed by atoms with van der Waals surface area (Å²) in [7, 11) is 0. The molecule has 0 amide bonds. The van der Waals surface area contributed by atoms with Crippen LogP contribution in [0.2, 0.25) is 0 Å². The van der Waals surface area contributed by atoms with Gasteiger partial charge in [-0.25, -0.2) is 6.08 Å². The normalized spacial score (nSPS) is 7.20. The van der Waals surface area contributed by atoms with E-state index in [1.54, 1.807) is 0 Å². The molecular weight excluding hydrogens is 270 g/mol. The summed E-state index contributed by atoms with van der Waals surface area (Å²) in [6.45, 7) is 0. The van der Waals surface area contributed by atoms with E-state index >= 15 is 0 Å². The third kappa shape index (κ3) is 16.0. The van der Waals surface area contributed by atoms with Crippen molar-refractivity contribution in [1.29, 1.82) is 0 Å². The molecule has 0 fully saturated rings. The van der Waals surface area contributed by atoms with Gasteiger partial charge in [-0.05, 0) is 0 Å². The first kappa shape index (κ1) is 30.5. The van der Waals surface area contributed by atoms with Gasteiger partial charge in [0.2, 0.25) is 0 Å². The Kier molecular flexibility index (Phi) is 68.6. The number of rotatable bonds is 0. The molecule has 0 saturated carbocycles. The molecule has 4 heteroatoms. The molecule has 1 rings (SSSR count). The van der Waals surface area contributed by atoms with Crippen LogP contribution < -0.4 is 37.2 Å². The first-order chi connectivity index (χ1) is 2.50. The van der Waals surface area contributed by atoms with E-state index in [9.17, 15) is 0 Å². The summed E-state index contributed by atoms with van der Waals surface area (Å²) in [6, 6.07) is 0. The summed E-state index contributed by atoms with van der Waals surface area (Å²) < 4.78 is 0. The van der Waals surface area contributed by atoms with Crippen LogP contribution in [0.25, 0.3) is 0 Å². The second kappa shape index (κ2) is 22.5. The van der Waals surface area contributed by atoms with Crippen LogP contribution in [0.3, 0.4) is 0 Å². The fraction of sp³-hybridized carbons (Fsp3) is 0.167. The standard InChI is InChI=1S/C5H3.CH3.3ClH.Zr/c1-2-4-5-3-1;;;;;/h1H,2H2;1H3;3*1H;/q2*-1;;;;+3/p-3. The third-order valence-electron chi connectivity index (χ3n) is 0.467. The zero-order valence-corrected chi connectivity index (χ0v) is 10.1. The summed E-state index contributed by atoms with van der Waals surface area (Å²) in [4.78, 5) is 0. The molecule has 0 N–H and O–H groups in total. The molecule has 0 nitrogen and oxygen atoms in total. The van der Waals surface area contributed by atoms with Gasteiger partial charge in [0.1, 0.15) is 0 Å². The van der Waals surface area contributed by atoms with Gasteiger partial charge in [-0.15, -0.1) is 6.08 Å². The van der Waals surface area contributed by atoms with Crippen LogP contribution in [0.5, 0.6) is 0 Å². The van der Waals surface area contributed by atoms with E-state index in [1.165, 1.54) is 0 Å². The van der Waals surface area contributed by atoms with Crippen LogP contribution in [0.4, 0.5) is 0 Å².